The molecule has 1 aromatic heterocycles. The lowest BCUT2D eigenvalue weighted by atomic mass is 9.66. The number of carbonyl (C=O) groups is 2. The molecule has 25 heavy (non-hydrogen) atoms. The molecule has 3 aliphatic rings. The maximum absolute atomic E-state index is 12.9. The van der Waals surface area contributed by atoms with Gasteiger partial charge in [0.15, 0.2) is 10.6 Å². The van der Waals surface area contributed by atoms with E-state index in [1.165, 1.54) is 11.3 Å². The second kappa shape index (κ2) is 5.11. The van der Waals surface area contributed by atoms with Crippen LogP contribution in [-0.2, 0) is 19.2 Å². The number of thiazole rings is 1. The summed E-state index contributed by atoms with van der Waals surface area (Å²) >= 11 is 1.23. The SMILES string of the molecule is Cc1csc(C(=NOC(=O)C23CC4CCC2(C)C4(C)CO3)C(N)=O)n1. The highest BCUT2D eigenvalue weighted by atomic mass is 32.1. The molecule has 2 N–H and O–H groups in total. The number of carbonyl (C=O) groups excluding carboxylic acids is 2. The van der Waals surface area contributed by atoms with Crippen LogP contribution >= 0.6 is 11.3 Å². The van der Waals surface area contributed by atoms with Gasteiger partial charge in [-0.15, -0.1) is 11.3 Å². The van der Waals surface area contributed by atoms with Crippen molar-refractivity contribution < 1.29 is 19.2 Å². The fourth-order valence-electron chi connectivity index (χ4n) is 5.03. The van der Waals surface area contributed by atoms with Crippen LogP contribution in [0.5, 0.6) is 0 Å². The molecule has 134 valence electrons. The van der Waals surface area contributed by atoms with E-state index >= 15 is 0 Å². The van der Waals surface area contributed by atoms with Crippen molar-refractivity contribution in [3.05, 3.63) is 16.1 Å². The van der Waals surface area contributed by atoms with E-state index in [4.69, 9.17) is 15.3 Å². The van der Waals surface area contributed by atoms with Crippen molar-refractivity contribution in [2.24, 2.45) is 27.6 Å². The average Bonchev–Trinajstić information content (AvgIpc) is 3.20. The zero-order valence-electron chi connectivity index (χ0n) is 14.5. The highest BCUT2D eigenvalue weighted by Gasteiger charge is 2.79. The quantitative estimate of drug-likeness (QED) is 0.499. The molecule has 1 aliphatic heterocycles. The number of ether oxygens (including phenoxy) is 1. The van der Waals surface area contributed by atoms with Gasteiger partial charge in [-0.1, -0.05) is 19.0 Å². The molecule has 1 aromatic rings. The van der Waals surface area contributed by atoms with E-state index in [1.807, 2.05) is 0 Å². The molecule has 4 unspecified atom stereocenters. The first kappa shape index (κ1) is 16.7. The van der Waals surface area contributed by atoms with E-state index in [9.17, 15) is 9.59 Å². The number of nitrogens with zero attached hydrogens (tertiary/aromatic N) is 2. The Morgan fingerprint density at radius 2 is 2.24 bits per heavy atom. The van der Waals surface area contributed by atoms with Gasteiger partial charge in [-0.3, -0.25) is 4.79 Å². The van der Waals surface area contributed by atoms with Gasteiger partial charge in [-0.2, -0.15) is 0 Å². The van der Waals surface area contributed by atoms with Crippen molar-refractivity contribution in [3.8, 4) is 0 Å². The van der Waals surface area contributed by atoms with E-state index in [1.54, 1.807) is 12.3 Å². The molecule has 4 rings (SSSR count). The Bertz CT molecular complexity index is 806. The Morgan fingerprint density at radius 1 is 1.48 bits per heavy atom. The summed E-state index contributed by atoms with van der Waals surface area (Å²) in [6.45, 7) is 6.66. The van der Waals surface area contributed by atoms with Crippen molar-refractivity contribution in [1.29, 1.82) is 0 Å². The van der Waals surface area contributed by atoms with Crippen molar-refractivity contribution in [3.63, 3.8) is 0 Å². The Morgan fingerprint density at radius 3 is 2.80 bits per heavy atom. The number of nitrogens with two attached hydrogens (primary N) is 1. The van der Waals surface area contributed by atoms with Gasteiger partial charge >= 0.3 is 5.97 Å². The Hall–Kier alpha value is -1.80. The number of rotatable bonds is 4. The van der Waals surface area contributed by atoms with Crippen LogP contribution in [0, 0.1) is 23.7 Å². The normalized spacial score (nSPS) is 39.0. The number of aryl methyl sites for hydroxylation is 1. The van der Waals surface area contributed by atoms with Crippen LogP contribution in [0.4, 0.5) is 0 Å². The molecule has 1 saturated heterocycles. The predicted octanol–water partition coefficient (Wildman–Crippen LogP) is 1.78. The third kappa shape index (κ3) is 1.95. The molecule has 1 amide bonds. The fourth-order valence-corrected chi connectivity index (χ4v) is 5.81. The summed E-state index contributed by atoms with van der Waals surface area (Å²) in [5.41, 5.74) is 4.73. The van der Waals surface area contributed by atoms with Crippen LogP contribution in [0.1, 0.15) is 43.8 Å². The van der Waals surface area contributed by atoms with Crippen LogP contribution in [0.15, 0.2) is 10.5 Å². The van der Waals surface area contributed by atoms with Crippen LogP contribution < -0.4 is 5.73 Å². The summed E-state index contributed by atoms with van der Waals surface area (Å²) < 4.78 is 5.97. The van der Waals surface area contributed by atoms with Crippen molar-refractivity contribution in [2.45, 2.75) is 45.6 Å². The van der Waals surface area contributed by atoms with Crippen LogP contribution in [0.3, 0.4) is 0 Å². The van der Waals surface area contributed by atoms with Crippen LogP contribution in [0.2, 0.25) is 0 Å². The Labute approximate surface area is 149 Å². The number of hydrogen-bond acceptors (Lipinski definition) is 7. The molecule has 3 fully saturated rings. The minimum atomic E-state index is -0.976. The number of primary amides is 1. The van der Waals surface area contributed by atoms with Crippen molar-refractivity contribution in [2.75, 3.05) is 6.61 Å². The zero-order valence-corrected chi connectivity index (χ0v) is 15.3. The van der Waals surface area contributed by atoms with E-state index in [0.717, 1.165) is 18.5 Å². The minimum Gasteiger partial charge on any atom is -0.364 e. The largest absolute Gasteiger partial charge is 0.367 e. The summed E-state index contributed by atoms with van der Waals surface area (Å²) in [7, 11) is 0. The van der Waals surface area contributed by atoms with Gasteiger partial charge in [0.1, 0.15) is 0 Å². The number of hydrogen-bond donors (Lipinski definition) is 1. The summed E-state index contributed by atoms with van der Waals surface area (Å²) in [4.78, 5) is 33.9. The fraction of sp³-hybridized carbons (Fsp3) is 0.647. The number of oxime groups is 1. The molecule has 2 saturated carbocycles. The molecule has 2 heterocycles. The van der Waals surface area contributed by atoms with Gasteiger partial charge in [-0.25, -0.2) is 9.78 Å². The highest BCUT2D eigenvalue weighted by Crippen LogP contribution is 2.75. The van der Waals surface area contributed by atoms with Crippen molar-refractivity contribution in [1.82, 2.24) is 4.98 Å². The van der Waals surface area contributed by atoms with Gasteiger partial charge < -0.3 is 15.3 Å². The van der Waals surface area contributed by atoms with Gasteiger partial charge in [0.05, 0.1) is 6.61 Å². The Kier molecular flexibility index (Phi) is 3.40. The van der Waals surface area contributed by atoms with Crippen LogP contribution in [-0.4, -0.2) is 34.8 Å². The lowest BCUT2D eigenvalue weighted by molar-refractivity contribution is -0.181. The second-order valence-electron chi connectivity index (χ2n) is 7.78. The monoisotopic (exact) mass is 363 g/mol. The molecule has 0 spiro atoms. The third-order valence-electron chi connectivity index (χ3n) is 6.80. The average molecular weight is 363 g/mol. The molecule has 4 atom stereocenters. The number of aromatic nitrogens is 1. The third-order valence-corrected chi connectivity index (χ3v) is 7.77. The first-order valence-corrected chi connectivity index (χ1v) is 9.27. The van der Waals surface area contributed by atoms with E-state index < -0.39 is 17.5 Å². The standard InChI is InChI=1S/C17H21N3O4S/c1-9-7-25-13(19-9)11(12(18)21)20-24-14(22)17-6-10-4-5-16(17,3)15(10,2)8-23-17/h7,10H,4-6,8H2,1-3H3,(H2,18,21). The van der Waals surface area contributed by atoms with Gasteiger partial charge in [0.2, 0.25) is 5.71 Å². The predicted molar refractivity (Wildman–Crippen MR) is 90.9 cm³/mol. The molecule has 4 bridgehead atoms. The van der Waals surface area contributed by atoms with Gasteiger partial charge in [0, 0.05) is 21.9 Å². The van der Waals surface area contributed by atoms with Crippen LogP contribution in [0.25, 0.3) is 0 Å². The summed E-state index contributed by atoms with van der Waals surface area (Å²) in [5.74, 6) is -0.857. The summed E-state index contributed by atoms with van der Waals surface area (Å²) in [6, 6.07) is 0. The topological polar surface area (TPSA) is 104 Å². The molecule has 8 heteroatoms. The van der Waals surface area contributed by atoms with Crippen molar-refractivity contribution >= 4 is 28.9 Å². The molecular weight excluding hydrogens is 342 g/mol. The zero-order chi connectivity index (χ0) is 18.0. The highest BCUT2D eigenvalue weighted by molar-refractivity contribution is 7.12. The molecule has 2 aliphatic carbocycles. The molecule has 0 aromatic carbocycles. The first-order valence-electron chi connectivity index (χ1n) is 8.39. The van der Waals surface area contributed by atoms with Gasteiger partial charge in [-0.05, 0) is 32.1 Å². The minimum absolute atomic E-state index is 0.00529. The number of amides is 1. The van der Waals surface area contributed by atoms with E-state index in [2.05, 4.69) is 24.0 Å². The smallest absolute Gasteiger partial charge is 0.364 e. The molecule has 7 nitrogen and oxygen atoms in total. The Balaban J connectivity index is 1.61. The molecular formula is C17H21N3O4S. The van der Waals surface area contributed by atoms with E-state index in [-0.39, 0.29) is 16.5 Å². The summed E-state index contributed by atoms with van der Waals surface area (Å²) in [6.07, 6.45) is 2.69. The maximum Gasteiger partial charge on any atom is 0.367 e. The van der Waals surface area contributed by atoms with Gasteiger partial charge in [0.25, 0.3) is 5.91 Å². The first-order chi connectivity index (χ1) is 11.7. The lowest BCUT2D eigenvalue weighted by Crippen LogP contribution is -2.50. The van der Waals surface area contributed by atoms with E-state index in [0.29, 0.717) is 24.0 Å². The molecule has 0 radical (unpaired) electrons. The summed E-state index contributed by atoms with van der Waals surface area (Å²) in [5, 5.41) is 5.87. The second-order valence-corrected chi connectivity index (χ2v) is 8.64. The maximum atomic E-state index is 12.9. The lowest BCUT2D eigenvalue weighted by Gasteiger charge is -2.38.